The molecule has 0 amide bonds. The van der Waals surface area contributed by atoms with E-state index in [-0.39, 0.29) is 12.2 Å². The summed E-state index contributed by atoms with van der Waals surface area (Å²) in [5.74, 6) is 0. The topological polar surface area (TPSA) is 27.7 Å². The van der Waals surface area contributed by atoms with Gasteiger partial charge < -0.3 is 14.2 Å². The molecular weight excluding hydrogens is 132 g/mol. The van der Waals surface area contributed by atoms with E-state index in [0.29, 0.717) is 20.0 Å². The maximum atomic E-state index is 5.25. The van der Waals surface area contributed by atoms with Gasteiger partial charge in [-0.15, -0.1) is 0 Å². The van der Waals surface area contributed by atoms with Crippen molar-refractivity contribution in [3.63, 3.8) is 0 Å². The van der Waals surface area contributed by atoms with Crippen molar-refractivity contribution < 1.29 is 14.2 Å². The Morgan fingerprint density at radius 2 is 1.50 bits per heavy atom. The Balaban J connectivity index is 2.21. The summed E-state index contributed by atoms with van der Waals surface area (Å²) in [4.78, 5) is 0. The largest absolute Gasteiger partial charge is 0.376 e. The van der Waals surface area contributed by atoms with Crippen molar-refractivity contribution in [1.29, 1.82) is 0 Å². The van der Waals surface area contributed by atoms with Crippen LogP contribution < -0.4 is 0 Å². The highest BCUT2D eigenvalue weighted by molar-refractivity contribution is 4.52. The molecule has 1 aliphatic heterocycles. The van der Waals surface area contributed by atoms with Crippen LogP contribution in [-0.4, -0.2) is 32.2 Å². The second-order valence-electron chi connectivity index (χ2n) is 2.61. The van der Waals surface area contributed by atoms with Gasteiger partial charge in [0.1, 0.15) is 6.79 Å². The lowest BCUT2D eigenvalue weighted by atomic mass is 10.4. The zero-order valence-electron chi connectivity index (χ0n) is 6.50. The fourth-order valence-electron chi connectivity index (χ4n) is 0.768. The van der Waals surface area contributed by atoms with Crippen LogP contribution >= 0.6 is 0 Å². The van der Waals surface area contributed by atoms with E-state index in [1.807, 2.05) is 13.8 Å². The van der Waals surface area contributed by atoms with Gasteiger partial charge in [-0.25, -0.2) is 0 Å². The molecule has 0 bridgehead atoms. The summed E-state index contributed by atoms with van der Waals surface area (Å²) in [6.45, 7) is 5.69. The predicted molar refractivity (Wildman–Crippen MR) is 36.8 cm³/mol. The molecule has 2 atom stereocenters. The zero-order chi connectivity index (χ0) is 7.40. The fraction of sp³-hybridized carbons (Fsp3) is 1.00. The summed E-state index contributed by atoms with van der Waals surface area (Å²) in [6, 6.07) is 0. The second kappa shape index (κ2) is 3.91. The SMILES string of the molecule is C[C@@H]1COC[C@@H](C)OCO1. The number of hydrogen-bond acceptors (Lipinski definition) is 3. The molecule has 1 aliphatic rings. The van der Waals surface area contributed by atoms with Crippen LogP contribution in [0.2, 0.25) is 0 Å². The van der Waals surface area contributed by atoms with Crippen molar-refractivity contribution in [1.82, 2.24) is 0 Å². The molecule has 0 unspecified atom stereocenters. The van der Waals surface area contributed by atoms with Gasteiger partial charge in [0.15, 0.2) is 0 Å². The fourth-order valence-corrected chi connectivity index (χ4v) is 0.768. The summed E-state index contributed by atoms with van der Waals surface area (Å²) in [5.41, 5.74) is 0. The lowest BCUT2D eigenvalue weighted by Gasteiger charge is -2.21. The van der Waals surface area contributed by atoms with Crippen molar-refractivity contribution in [2.75, 3.05) is 20.0 Å². The molecule has 0 N–H and O–H groups in total. The van der Waals surface area contributed by atoms with Gasteiger partial charge in [0, 0.05) is 0 Å². The van der Waals surface area contributed by atoms with Crippen LogP contribution in [0.1, 0.15) is 13.8 Å². The molecule has 0 aromatic rings. The summed E-state index contributed by atoms with van der Waals surface area (Å²) < 4.78 is 15.7. The Hall–Kier alpha value is -0.120. The normalized spacial score (nSPS) is 36.6. The monoisotopic (exact) mass is 146 g/mol. The first-order valence-electron chi connectivity index (χ1n) is 3.60. The lowest BCUT2D eigenvalue weighted by molar-refractivity contribution is -0.165. The Morgan fingerprint density at radius 3 is 2.00 bits per heavy atom. The van der Waals surface area contributed by atoms with Gasteiger partial charge in [-0.3, -0.25) is 0 Å². The molecule has 3 nitrogen and oxygen atoms in total. The molecule has 1 rings (SSSR count). The number of rotatable bonds is 0. The first-order valence-corrected chi connectivity index (χ1v) is 3.60. The summed E-state index contributed by atoms with van der Waals surface area (Å²) in [6.07, 6.45) is 0.319. The van der Waals surface area contributed by atoms with Crippen molar-refractivity contribution in [3.05, 3.63) is 0 Å². The molecule has 3 heteroatoms. The van der Waals surface area contributed by atoms with E-state index in [2.05, 4.69) is 0 Å². The van der Waals surface area contributed by atoms with Crippen LogP contribution in [0.15, 0.2) is 0 Å². The molecule has 0 aromatic carbocycles. The van der Waals surface area contributed by atoms with E-state index >= 15 is 0 Å². The van der Waals surface area contributed by atoms with Crippen LogP contribution in [0.25, 0.3) is 0 Å². The maximum absolute atomic E-state index is 5.25. The molecule has 0 radical (unpaired) electrons. The minimum Gasteiger partial charge on any atom is -0.376 e. The van der Waals surface area contributed by atoms with Gasteiger partial charge in [-0.05, 0) is 13.8 Å². The number of ether oxygens (including phenoxy) is 3. The highest BCUT2D eigenvalue weighted by atomic mass is 16.7. The van der Waals surface area contributed by atoms with Gasteiger partial charge in [0.05, 0.1) is 25.4 Å². The van der Waals surface area contributed by atoms with Crippen molar-refractivity contribution in [2.45, 2.75) is 26.1 Å². The molecular formula is C7H14O3. The van der Waals surface area contributed by atoms with E-state index < -0.39 is 0 Å². The van der Waals surface area contributed by atoms with E-state index in [4.69, 9.17) is 14.2 Å². The molecule has 60 valence electrons. The minimum atomic E-state index is 0.160. The molecule has 0 spiro atoms. The Labute approximate surface area is 61.3 Å². The molecule has 0 aromatic heterocycles. The molecule has 10 heavy (non-hydrogen) atoms. The van der Waals surface area contributed by atoms with E-state index in [9.17, 15) is 0 Å². The van der Waals surface area contributed by atoms with Crippen LogP contribution in [-0.2, 0) is 14.2 Å². The van der Waals surface area contributed by atoms with Crippen LogP contribution in [0.3, 0.4) is 0 Å². The summed E-state index contributed by atoms with van der Waals surface area (Å²) in [5, 5.41) is 0. The van der Waals surface area contributed by atoms with Gasteiger partial charge in [-0.1, -0.05) is 0 Å². The third-order valence-corrected chi connectivity index (χ3v) is 1.41. The zero-order valence-corrected chi connectivity index (χ0v) is 6.50. The Bertz CT molecular complexity index is 74.9. The van der Waals surface area contributed by atoms with Gasteiger partial charge in [0.2, 0.25) is 0 Å². The first-order chi connectivity index (χ1) is 4.79. The highest BCUT2D eigenvalue weighted by Gasteiger charge is 2.10. The van der Waals surface area contributed by atoms with Crippen LogP contribution in [0, 0.1) is 0 Å². The quantitative estimate of drug-likeness (QED) is 0.505. The summed E-state index contributed by atoms with van der Waals surface area (Å²) in [7, 11) is 0. The third kappa shape index (κ3) is 2.64. The number of hydrogen-bond donors (Lipinski definition) is 0. The Morgan fingerprint density at radius 1 is 1.00 bits per heavy atom. The van der Waals surface area contributed by atoms with Crippen molar-refractivity contribution >= 4 is 0 Å². The average Bonchev–Trinajstić information content (AvgIpc) is 1.84. The van der Waals surface area contributed by atoms with E-state index in [1.165, 1.54) is 0 Å². The highest BCUT2D eigenvalue weighted by Crippen LogP contribution is 2.01. The van der Waals surface area contributed by atoms with E-state index in [0.717, 1.165) is 0 Å². The lowest BCUT2D eigenvalue weighted by Crippen LogP contribution is -2.28. The maximum Gasteiger partial charge on any atom is 0.147 e. The predicted octanol–water partition coefficient (Wildman–Crippen LogP) is 0.784. The average molecular weight is 146 g/mol. The molecule has 0 aliphatic carbocycles. The standard InChI is InChI=1S/C7H14O3/c1-6-3-8-4-7(2)10-5-9-6/h6-7H,3-5H2,1-2H3/t6-,7-/m1/s1. The summed E-state index contributed by atoms with van der Waals surface area (Å²) >= 11 is 0. The molecule has 0 saturated carbocycles. The van der Waals surface area contributed by atoms with E-state index in [1.54, 1.807) is 0 Å². The second-order valence-corrected chi connectivity index (χ2v) is 2.61. The molecule has 1 fully saturated rings. The van der Waals surface area contributed by atoms with Crippen molar-refractivity contribution in [2.24, 2.45) is 0 Å². The van der Waals surface area contributed by atoms with Crippen LogP contribution in [0.4, 0.5) is 0 Å². The van der Waals surface area contributed by atoms with Gasteiger partial charge in [0.25, 0.3) is 0 Å². The van der Waals surface area contributed by atoms with Gasteiger partial charge >= 0.3 is 0 Å². The minimum absolute atomic E-state index is 0.160. The first kappa shape index (κ1) is 7.98. The van der Waals surface area contributed by atoms with Crippen molar-refractivity contribution in [3.8, 4) is 0 Å². The molecule has 1 saturated heterocycles. The van der Waals surface area contributed by atoms with Gasteiger partial charge in [-0.2, -0.15) is 0 Å². The molecule has 1 heterocycles. The third-order valence-electron chi connectivity index (χ3n) is 1.41. The Kier molecular flexibility index (Phi) is 3.12. The van der Waals surface area contributed by atoms with Crippen LogP contribution in [0.5, 0.6) is 0 Å². The smallest absolute Gasteiger partial charge is 0.147 e.